The topological polar surface area (TPSA) is 29.5 Å². The van der Waals surface area contributed by atoms with Crippen molar-refractivity contribution in [3.05, 3.63) is 29.3 Å². The van der Waals surface area contributed by atoms with Crippen molar-refractivity contribution in [2.75, 3.05) is 12.9 Å². The normalized spacial score (nSPS) is 13.4. The maximum absolute atomic E-state index is 10.1. The Morgan fingerprint density at radius 2 is 2.00 bits per heavy atom. The van der Waals surface area contributed by atoms with Crippen LogP contribution in [0, 0.1) is 6.92 Å². The summed E-state index contributed by atoms with van der Waals surface area (Å²) in [6.45, 7) is 8.55. The SMILES string of the molecule is COc1ccc(C)cc1CC(O)CSC(C)(C)C. The van der Waals surface area contributed by atoms with Gasteiger partial charge in [0.15, 0.2) is 0 Å². The summed E-state index contributed by atoms with van der Waals surface area (Å²) in [6, 6.07) is 6.08. The molecule has 3 heteroatoms. The summed E-state index contributed by atoms with van der Waals surface area (Å²) in [7, 11) is 1.67. The average Bonchev–Trinajstić information content (AvgIpc) is 2.26. The van der Waals surface area contributed by atoms with E-state index in [1.54, 1.807) is 18.9 Å². The first-order valence-corrected chi connectivity index (χ1v) is 7.26. The number of hydrogen-bond donors (Lipinski definition) is 1. The van der Waals surface area contributed by atoms with E-state index < -0.39 is 0 Å². The maximum atomic E-state index is 10.1. The van der Waals surface area contributed by atoms with Crippen molar-refractivity contribution in [1.82, 2.24) is 0 Å². The first-order valence-electron chi connectivity index (χ1n) is 6.27. The van der Waals surface area contributed by atoms with E-state index in [0.717, 1.165) is 17.1 Å². The lowest BCUT2D eigenvalue weighted by molar-refractivity contribution is 0.198. The highest BCUT2D eigenvalue weighted by Crippen LogP contribution is 2.26. The van der Waals surface area contributed by atoms with Crippen LogP contribution in [0.15, 0.2) is 18.2 Å². The highest BCUT2D eigenvalue weighted by atomic mass is 32.2. The molecule has 0 radical (unpaired) electrons. The molecule has 0 amide bonds. The molecule has 18 heavy (non-hydrogen) atoms. The van der Waals surface area contributed by atoms with Gasteiger partial charge < -0.3 is 9.84 Å². The molecule has 0 aromatic heterocycles. The Labute approximate surface area is 115 Å². The number of benzene rings is 1. The van der Waals surface area contributed by atoms with Gasteiger partial charge in [0.1, 0.15) is 5.75 Å². The van der Waals surface area contributed by atoms with Gasteiger partial charge in [-0.15, -0.1) is 0 Å². The van der Waals surface area contributed by atoms with Gasteiger partial charge >= 0.3 is 0 Å². The summed E-state index contributed by atoms with van der Waals surface area (Å²) in [6.07, 6.45) is 0.318. The van der Waals surface area contributed by atoms with E-state index in [2.05, 4.69) is 33.8 Å². The highest BCUT2D eigenvalue weighted by Gasteiger charge is 2.15. The summed E-state index contributed by atoms with van der Waals surface area (Å²) >= 11 is 1.79. The van der Waals surface area contributed by atoms with E-state index in [-0.39, 0.29) is 10.9 Å². The third-order valence-electron chi connectivity index (χ3n) is 2.60. The molecule has 1 aromatic carbocycles. The van der Waals surface area contributed by atoms with Crippen LogP contribution in [0.4, 0.5) is 0 Å². The second kappa shape index (κ2) is 6.48. The van der Waals surface area contributed by atoms with E-state index >= 15 is 0 Å². The monoisotopic (exact) mass is 268 g/mol. The minimum atomic E-state index is -0.329. The molecule has 1 atom stereocenters. The van der Waals surface area contributed by atoms with E-state index in [1.807, 2.05) is 12.1 Å². The minimum Gasteiger partial charge on any atom is -0.496 e. The molecule has 1 unspecified atom stereocenters. The molecule has 0 aliphatic rings. The lowest BCUT2D eigenvalue weighted by Crippen LogP contribution is -2.19. The molecule has 0 fully saturated rings. The summed E-state index contributed by atoms with van der Waals surface area (Å²) in [5.74, 6) is 1.61. The lowest BCUT2D eigenvalue weighted by atomic mass is 10.0. The number of aryl methyl sites for hydroxylation is 1. The van der Waals surface area contributed by atoms with E-state index in [4.69, 9.17) is 4.74 Å². The number of rotatable bonds is 5. The smallest absolute Gasteiger partial charge is 0.122 e. The first kappa shape index (κ1) is 15.4. The van der Waals surface area contributed by atoms with Gasteiger partial charge in [0.05, 0.1) is 13.2 Å². The molecular formula is C15H24O2S. The zero-order chi connectivity index (χ0) is 13.8. The van der Waals surface area contributed by atoms with Crippen molar-refractivity contribution in [1.29, 1.82) is 0 Å². The third kappa shape index (κ3) is 5.32. The highest BCUT2D eigenvalue weighted by molar-refractivity contribution is 8.00. The Kier molecular flexibility index (Phi) is 5.54. The molecule has 1 N–H and O–H groups in total. The predicted molar refractivity (Wildman–Crippen MR) is 79.7 cm³/mol. The largest absolute Gasteiger partial charge is 0.496 e. The van der Waals surface area contributed by atoms with Gasteiger partial charge in [-0.1, -0.05) is 38.5 Å². The fourth-order valence-corrected chi connectivity index (χ4v) is 2.54. The molecule has 102 valence electrons. The number of thioether (sulfide) groups is 1. The maximum Gasteiger partial charge on any atom is 0.122 e. The number of hydrogen-bond acceptors (Lipinski definition) is 3. The fraction of sp³-hybridized carbons (Fsp3) is 0.600. The van der Waals surface area contributed by atoms with Crippen molar-refractivity contribution in [2.24, 2.45) is 0 Å². The Balaban J connectivity index is 2.63. The molecule has 0 spiro atoms. The van der Waals surface area contributed by atoms with Crippen molar-refractivity contribution in [3.8, 4) is 5.75 Å². The summed E-state index contributed by atoms with van der Waals surface area (Å²) in [5.41, 5.74) is 2.28. The van der Waals surface area contributed by atoms with E-state index in [9.17, 15) is 5.11 Å². The van der Waals surface area contributed by atoms with Gasteiger partial charge in [-0.05, 0) is 18.6 Å². The van der Waals surface area contributed by atoms with Crippen LogP contribution in [0.25, 0.3) is 0 Å². The molecular weight excluding hydrogens is 244 g/mol. The summed E-state index contributed by atoms with van der Waals surface area (Å²) in [5, 5.41) is 10.1. The second-order valence-electron chi connectivity index (χ2n) is 5.60. The molecule has 0 heterocycles. The van der Waals surface area contributed by atoms with Gasteiger partial charge in [-0.2, -0.15) is 11.8 Å². The average molecular weight is 268 g/mol. The van der Waals surface area contributed by atoms with Gasteiger partial charge in [0, 0.05) is 16.9 Å². The predicted octanol–water partition coefficient (Wildman–Crippen LogP) is 3.44. The molecule has 0 bridgehead atoms. The third-order valence-corrected chi connectivity index (χ3v) is 4.02. The number of aliphatic hydroxyl groups is 1. The zero-order valence-corrected chi connectivity index (χ0v) is 12.8. The van der Waals surface area contributed by atoms with Crippen LogP contribution in [-0.4, -0.2) is 28.8 Å². The van der Waals surface area contributed by atoms with E-state index in [0.29, 0.717) is 6.42 Å². The van der Waals surface area contributed by atoms with Crippen LogP contribution in [0.3, 0.4) is 0 Å². The zero-order valence-electron chi connectivity index (χ0n) is 12.0. The van der Waals surface area contributed by atoms with Crippen LogP contribution in [0.5, 0.6) is 5.75 Å². The quantitative estimate of drug-likeness (QED) is 0.887. The van der Waals surface area contributed by atoms with Gasteiger partial charge in [0.2, 0.25) is 0 Å². The molecule has 0 saturated heterocycles. The van der Waals surface area contributed by atoms with Crippen LogP contribution in [-0.2, 0) is 6.42 Å². The van der Waals surface area contributed by atoms with Crippen molar-refractivity contribution >= 4 is 11.8 Å². The summed E-state index contributed by atoms with van der Waals surface area (Å²) < 4.78 is 5.52. The Morgan fingerprint density at radius 1 is 1.33 bits per heavy atom. The van der Waals surface area contributed by atoms with Crippen molar-refractivity contribution in [2.45, 2.75) is 45.0 Å². The summed E-state index contributed by atoms with van der Waals surface area (Å²) in [4.78, 5) is 0. The number of methoxy groups -OCH3 is 1. The van der Waals surface area contributed by atoms with Crippen molar-refractivity contribution in [3.63, 3.8) is 0 Å². The first-order chi connectivity index (χ1) is 8.31. The number of aliphatic hydroxyl groups excluding tert-OH is 1. The van der Waals surface area contributed by atoms with Crippen LogP contribution < -0.4 is 4.74 Å². The lowest BCUT2D eigenvalue weighted by Gasteiger charge is -2.20. The van der Waals surface area contributed by atoms with Crippen LogP contribution in [0.1, 0.15) is 31.9 Å². The van der Waals surface area contributed by atoms with E-state index in [1.165, 1.54) is 5.56 Å². The van der Waals surface area contributed by atoms with Gasteiger partial charge in [-0.25, -0.2) is 0 Å². The fourth-order valence-electron chi connectivity index (χ4n) is 1.73. The molecule has 1 aromatic rings. The molecule has 0 aliphatic carbocycles. The minimum absolute atomic E-state index is 0.192. The number of ether oxygens (including phenoxy) is 1. The molecule has 0 saturated carbocycles. The Morgan fingerprint density at radius 3 is 2.56 bits per heavy atom. The van der Waals surface area contributed by atoms with Crippen molar-refractivity contribution < 1.29 is 9.84 Å². The second-order valence-corrected chi connectivity index (χ2v) is 7.44. The molecule has 1 rings (SSSR count). The van der Waals surface area contributed by atoms with Gasteiger partial charge in [-0.3, -0.25) is 0 Å². The van der Waals surface area contributed by atoms with Gasteiger partial charge in [0.25, 0.3) is 0 Å². The molecule has 0 aliphatic heterocycles. The molecule has 2 nitrogen and oxygen atoms in total. The van der Waals surface area contributed by atoms with Crippen LogP contribution >= 0.6 is 11.8 Å². The Hall–Kier alpha value is -0.670. The standard InChI is InChI=1S/C15H24O2S/c1-11-6-7-14(17-5)12(8-11)9-13(16)10-18-15(2,3)4/h6-8,13,16H,9-10H2,1-5H3. The Bertz CT molecular complexity index is 383. The van der Waals surface area contributed by atoms with Crippen LogP contribution in [0.2, 0.25) is 0 Å².